The zero-order valence-electron chi connectivity index (χ0n) is 18.4. The lowest BCUT2D eigenvalue weighted by molar-refractivity contribution is -0.385. The average Bonchev–Trinajstić information content (AvgIpc) is 2.77. The number of carbonyl (C=O) groups excluding carboxylic acids is 1. The maximum absolute atomic E-state index is 11.7. The number of nitrogen functional groups attached to an aromatic ring is 1. The van der Waals surface area contributed by atoms with E-state index < -0.39 is 4.92 Å². The molecule has 0 saturated carbocycles. The number of aryl methyl sites for hydroxylation is 2. The van der Waals surface area contributed by atoms with Crippen LogP contribution < -0.4 is 15.8 Å². The minimum Gasteiger partial charge on any atom is -0.449 e. The third kappa shape index (κ3) is 5.54. The molecule has 3 aromatic carbocycles. The van der Waals surface area contributed by atoms with Crippen LogP contribution in [0.25, 0.3) is 6.08 Å². The highest BCUT2D eigenvalue weighted by atomic mass is 16.6. The van der Waals surface area contributed by atoms with Crippen molar-refractivity contribution in [2.24, 2.45) is 0 Å². The summed E-state index contributed by atoms with van der Waals surface area (Å²) in [5.41, 5.74) is 9.89. The molecule has 0 bridgehead atoms. The highest BCUT2D eigenvalue weighted by molar-refractivity contribution is 5.91. The normalized spacial score (nSPS) is 10.6. The number of nitriles is 1. The van der Waals surface area contributed by atoms with Crippen molar-refractivity contribution < 1.29 is 14.5 Å². The Morgan fingerprint density at radius 2 is 1.79 bits per heavy atom. The summed E-state index contributed by atoms with van der Waals surface area (Å²) in [6.07, 6.45) is 3.18. The van der Waals surface area contributed by atoms with E-state index in [-0.39, 0.29) is 22.9 Å². The second-order valence-electron chi connectivity index (χ2n) is 7.51. The Balaban J connectivity index is 1.99. The van der Waals surface area contributed by atoms with E-state index in [1.807, 2.05) is 32.0 Å². The number of nitrogens with one attached hydrogen (secondary N) is 1. The number of anilines is 3. The predicted octanol–water partition coefficient (Wildman–Crippen LogP) is 5.80. The lowest BCUT2D eigenvalue weighted by Gasteiger charge is -2.16. The molecule has 0 fully saturated rings. The maximum Gasteiger partial charge on any atom is 0.313 e. The first-order chi connectivity index (χ1) is 15.7. The van der Waals surface area contributed by atoms with E-state index in [9.17, 15) is 14.9 Å². The van der Waals surface area contributed by atoms with Gasteiger partial charge in [0.05, 0.1) is 27.9 Å². The van der Waals surface area contributed by atoms with Crippen molar-refractivity contribution >= 4 is 34.6 Å². The molecule has 3 rings (SSSR count). The molecule has 0 aliphatic heterocycles. The van der Waals surface area contributed by atoms with Crippen LogP contribution in [-0.4, -0.2) is 10.7 Å². The summed E-state index contributed by atoms with van der Waals surface area (Å²) in [5.74, 6) is 0.446. The zero-order chi connectivity index (χ0) is 24.1. The molecule has 8 heteroatoms. The van der Waals surface area contributed by atoms with E-state index in [2.05, 4.69) is 5.32 Å². The van der Waals surface area contributed by atoms with Gasteiger partial charge in [0, 0.05) is 17.8 Å². The number of nitrogens with zero attached hydrogens (tertiary/aromatic N) is 2. The Morgan fingerprint density at radius 3 is 2.33 bits per heavy atom. The number of ether oxygens (including phenoxy) is 1. The molecule has 3 aromatic rings. The Labute approximate surface area is 191 Å². The fourth-order valence-electron chi connectivity index (χ4n) is 3.27. The Bertz CT molecular complexity index is 1280. The number of nitrogens with two attached hydrogens (primary N) is 1. The summed E-state index contributed by atoms with van der Waals surface area (Å²) in [5, 5.41) is 23.7. The fourth-order valence-corrected chi connectivity index (χ4v) is 3.27. The number of benzene rings is 3. The molecule has 0 spiro atoms. The molecule has 0 aliphatic rings. The first kappa shape index (κ1) is 23.0. The van der Waals surface area contributed by atoms with Crippen molar-refractivity contribution in [1.82, 2.24) is 0 Å². The van der Waals surface area contributed by atoms with Crippen LogP contribution in [0.15, 0.2) is 54.6 Å². The van der Waals surface area contributed by atoms with Crippen LogP contribution in [0.1, 0.15) is 29.2 Å². The molecule has 0 amide bonds. The van der Waals surface area contributed by atoms with Gasteiger partial charge in [0.25, 0.3) is 0 Å². The van der Waals surface area contributed by atoms with Crippen molar-refractivity contribution in [3.8, 4) is 17.6 Å². The quantitative estimate of drug-likeness (QED) is 0.204. The van der Waals surface area contributed by atoms with Gasteiger partial charge in [-0.15, -0.1) is 0 Å². The van der Waals surface area contributed by atoms with Crippen LogP contribution in [0.5, 0.6) is 11.5 Å². The summed E-state index contributed by atoms with van der Waals surface area (Å²) >= 11 is 0. The molecule has 0 unspecified atom stereocenters. The molecule has 33 heavy (non-hydrogen) atoms. The molecule has 8 nitrogen and oxygen atoms in total. The largest absolute Gasteiger partial charge is 0.449 e. The predicted molar refractivity (Wildman–Crippen MR) is 128 cm³/mol. The van der Waals surface area contributed by atoms with E-state index in [4.69, 9.17) is 15.7 Å². The monoisotopic (exact) mass is 442 g/mol. The zero-order valence-corrected chi connectivity index (χ0v) is 18.4. The van der Waals surface area contributed by atoms with Crippen molar-refractivity contribution in [1.29, 1.82) is 5.26 Å². The number of hydrogen-bond donors (Lipinski definition) is 2. The standard InChI is InChI=1S/C25H22N4O4/c1-15-10-19(5-4-17(3)30)11-16(2)25(15)33-24-13-22(21(27)12-23(24)29(31)32)28-20-8-6-18(14-26)7-9-20/h4-13,28H,27H2,1-3H3/b5-4+. The first-order valence-corrected chi connectivity index (χ1v) is 10.0. The molecule has 0 radical (unpaired) electrons. The highest BCUT2D eigenvalue weighted by Crippen LogP contribution is 2.40. The van der Waals surface area contributed by atoms with Crippen LogP contribution >= 0.6 is 0 Å². The number of nitro benzene ring substituents is 1. The smallest absolute Gasteiger partial charge is 0.313 e. The molecule has 0 heterocycles. The van der Waals surface area contributed by atoms with Gasteiger partial charge in [-0.05, 0) is 79.9 Å². The number of rotatable bonds is 7. The van der Waals surface area contributed by atoms with E-state index in [0.29, 0.717) is 22.7 Å². The van der Waals surface area contributed by atoms with E-state index in [0.717, 1.165) is 16.7 Å². The molecule has 0 saturated heterocycles. The van der Waals surface area contributed by atoms with Crippen molar-refractivity contribution in [3.05, 3.63) is 87.0 Å². The highest BCUT2D eigenvalue weighted by Gasteiger charge is 2.21. The Kier molecular flexibility index (Phi) is 6.74. The SMILES string of the molecule is CC(=O)/C=C/c1cc(C)c(Oc2cc(Nc3ccc(C#N)cc3)c(N)cc2[N+](=O)[O-])c(C)c1. The van der Waals surface area contributed by atoms with Crippen LogP contribution in [0, 0.1) is 35.3 Å². The van der Waals surface area contributed by atoms with Gasteiger partial charge in [-0.25, -0.2) is 0 Å². The van der Waals surface area contributed by atoms with Gasteiger partial charge in [0.15, 0.2) is 5.78 Å². The van der Waals surface area contributed by atoms with Gasteiger partial charge in [0.2, 0.25) is 5.75 Å². The topological polar surface area (TPSA) is 131 Å². The minimum atomic E-state index is -0.550. The third-order valence-electron chi connectivity index (χ3n) is 4.83. The van der Waals surface area contributed by atoms with E-state index >= 15 is 0 Å². The third-order valence-corrected chi connectivity index (χ3v) is 4.83. The number of carbonyl (C=O) groups is 1. The summed E-state index contributed by atoms with van der Waals surface area (Å²) in [6, 6.07) is 15.2. The summed E-state index contributed by atoms with van der Waals surface area (Å²) < 4.78 is 6.01. The summed E-state index contributed by atoms with van der Waals surface area (Å²) in [4.78, 5) is 22.3. The summed E-state index contributed by atoms with van der Waals surface area (Å²) in [7, 11) is 0. The average molecular weight is 442 g/mol. The van der Waals surface area contributed by atoms with Crippen molar-refractivity contribution in [2.45, 2.75) is 20.8 Å². The van der Waals surface area contributed by atoms with E-state index in [1.54, 1.807) is 30.3 Å². The number of hydrogen-bond acceptors (Lipinski definition) is 7. The summed E-state index contributed by atoms with van der Waals surface area (Å²) in [6.45, 7) is 5.12. The second-order valence-corrected chi connectivity index (χ2v) is 7.51. The van der Waals surface area contributed by atoms with Gasteiger partial charge in [-0.3, -0.25) is 14.9 Å². The lowest BCUT2D eigenvalue weighted by Crippen LogP contribution is -2.02. The number of nitro groups is 1. The van der Waals surface area contributed by atoms with Crippen LogP contribution in [0.2, 0.25) is 0 Å². The molecular formula is C25H22N4O4. The number of allylic oxidation sites excluding steroid dienone is 1. The van der Waals surface area contributed by atoms with Gasteiger partial charge >= 0.3 is 5.69 Å². The molecule has 3 N–H and O–H groups in total. The molecule has 166 valence electrons. The van der Waals surface area contributed by atoms with Crippen LogP contribution in [0.4, 0.5) is 22.7 Å². The van der Waals surface area contributed by atoms with Crippen molar-refractivity contribution in [3.63, 3.8) is 0 Å². The number of ketones is 1. The van der Waals surface area contributed by atoms with E-state index in [1.165, 1.54) is 25.1 Å². The van der Waals surface area contributed by atoms with Crippen LogP contribution in [0.3, 0.4) is 0 Å². The second kappa shape index (κ2) is 9.66. The van der Waals surface area contributed by atoms with Crippen molar-refractivity contribution in [2.75, 3.05) is 11.1 Å². The lowest BCUT2D eigenvalue weighted by atomic mass is 10.0. The Morgan fingerprint density at radius 1 is 1.15 bits per heavy atom. The van der Waals surface area contributed by atoms with Gasteiger partial charge < -0.3 is 15.8 Å². The van der Waals surface area contributed by atoms with Crippen LogP contribution in [-0.2, 0) is 4.79 Å². The maximum atomic E-state index is 11.7. The van der Waals surface area contributed by atoms with Gasteiger partial charge in [-0.2, -0.15) is 5.26 Å². The Hall–Kier alpha value is -4.64. The van der Waals surface area contributed by atoms with Gasteiger partial charge in [0.1, 0.15) is 5.75 Å². The molecule has 0 atom stereocenters. The van der Waals surface area contributed by atoms with Gasteiger partial charge in [-0.1, -0.05) is 6.08 Å². The molecular weight excluding hydrogens is 420 g/mol. The molecule has 0 aliphatic carbocycles. The fraction of sp³-hybridized carbons (Fsp3) is 0.120. The minimum absolute atomic E-state index is 0.0311. The molecule has 0 aromatic heterocycles. The first-order valence-electron chi connectivity index (χ1n) is 10.0.